The Morgan fingerprint density at radius 3 is 2.01 bits per heavy atom. The number of nitrogens with zero attached hydrogens (tertiary/aromatic N) is 3. The SMILES string of the molecule is CC[C@H](C)[C@@H]([C@@H](CC(=O)N1CCC[C@H]1[C@H](OC)[C@@H](C)C(=O)N[C@@H](Cc1ccccc1)C(=O)NCCCOC(=O)C(C)NC(=O)CCCC(=O)OCC(OC)OC(CO)CC(C)(C)C)OC)N(C)C(=O)[C@@H](NC(=O)[C@H](C(C)C)N(C)C)C(C)C. The first-order valence-corrected chi connectivity index (χ1v) is 29.7. The van der Waals surface area contributed by atoms with Crippen LogP contribution in [0.4, 0.5) is 0 Å². The number of methoxy groups -OCH3 is 3. The van der Waals surface area contributed by atoms with E-state index in [-0.39, 0.29) is 106 Å². The summed E-state index contributed by atoms with van der Waals surface area (Å²) in [5, 5.41) is 21.1. The van der Waals surface area contributed by atoms with E-state index >= 15 is 0 Å². The van der Waals surface area contributed by atoms with Crippen LogP contribution < -0.4 is 21.3 Å². The number of amides is 6. The molecule has 22 heteroatoms. The van der Waals surface area contributed by atoms with Gasteiger partial charge in [-0.3, -0.25) is 38.5 Å². The fourth-order valence-electron chi connectivity index (χ4n) is 10.7. The van der Waals surface area contributed by atoms with Gasteiger partial charge in [0.25, 0.3) is 0 Å². The molecule has 0 bridgehead atoms. The number of carbonyl (C=O) groups is 8. The quantitative estimate of drug-likeness (QED) is 0.0349. The highest BCUT2D eigenvalue weighted by Gasteiger charge is 2.44. The third-order valence-corrected chi connectivity index (χ3v) is 15.3. The van der Waals surface area contributed by atoms with E-state index in [0.29, 0.717) is 32.2 Å². The van der Waals surface area contributed by atoms with Crippen molar-refractivity contribution in [3.05, 3.63) is 35.9 Å². The molecule has 1 saturated heterocycles. The molecule has 1 aromatic carbocycles. The van der Waals surface area contributed by atoms with E-state index in [2.05, 4.69) is 21.3 Å². The van der Waals surface area contributed by atoms with Gasteiger partial charge in [-0.15, -0.1) is 0 Å². The second-order valence-electron chi connectivity index (χ2n) is 24.2. The number of likely N-dealkylation sites (tertiary alicyclic amines) is 1. The highest BCUT2D eigenvalue weighted by atomic mass is 16.7. The van der Waals surface area contributed by atoms with Crippen molar-refractivity contribution in [3.63, 3.8) is 0 Å². The van der Waals surface area contributed by atoms with Gasteiger partial charge >= 0.3 is 11.9 Å². The van der Waals surface area contributed by atoms with Crippen LogP contribution in [0.5, 0.6) is 0 Å². The van der Waals surface area contributed by atoms with Crippen molar-refractivity contribution < 1.29 is 71.9 Å². The highest BCUT2D eigenvalue weighted by molar-refractivity contribution is 5.91. The number of aliphatic hydroxyl groups is 1. The smallest absolute Gasteiger partial charge is 0.328 e. The number of benzene rings is 1. The number of nitrogens with one attached hydrogen (secondary N) is 4. The third-order valence-electron chi connectivity index (χ3n) is 15.3. The third kappa shape index (κ3) is 25.1. The molecule has 2 rings (SSSR count). The number of likely N-dealkylation sites (N-methyl/N-ethyl adjacent to an activating group) is 2. The molecule has 12 atom stereocenters. The van der Waals surface area contributed by atoms with Gasteiger partial charge in [-0.1, -0.05) is 106 Å². The van der Waals surface area contributed by atoms with E-state index in [4.69, 9.17) is 28.4 Å². The molecule has 0 aromatic heterocycles. The van der Waals surface area contributed by atoms with E-state index in [0.717, 1.165) is 5.56 Å². The molecule has 1 aromatic rings. The molecule has 1 aliphatic heterocycles. The monoisotopic (exact) mass is 1180 g/mol. The molecule has 22 nitrogen and oxygen atoms in total. The molecule has 0 radical (unpaired) electrons. The molecular weight excluding hydrogens is 1070 g/mol. The number of hydrogen-bond acceptors (Lipinski definition) is 16. The number of esters is 2. The standard InChI is InChI=1S/C61H105N7O15/c1-18-40(6)54(67(14)59(76)52(38(2)3)65-58(75)53(39(4)5)66(12)13)47(78-15)34-49(71)68-31-23-27-46(68)55(80-17)41(7)56(73)64-45(33-43-25-20-19-21-26-43)57(74)62-30-24-32-81-60(77)42(8)63-48(70)28-22-29-50(72)82-37-51(79-16)83-44(36-69)35-61(9,10)11/h19-21,25-26,38-42,44-47,51-55,69H,18,22-24,27-37H2,1-17H3,(H,62,74)(H,63,70)(H,64,73)(H,65,75)/t40-,41+,42?,44?,45-,46-,47+,51?,52-,53-,54-,55+/m0/s1. The molecule has 6 amide bonds. The van der Waals surface area contributed by atoms with E-state index in [1.165, 1.54) is 28.3 Å². The maximum atomic E-state index is 14.5. The average Bonchev–Trinajstić information content (AvgIpc) is 4.11. The second-order valence-corrected chi connectivity index (χ2v) is 24.2. The summed E-state index contributed by atoms with van der Waals surface area (Å²) in [6.45, 7) is 21.0. The number of aliphatic hydroxyl groups excluding tert-OH is 1. The normalized spacial score (nSPS) is 17.7. The summed E-state index contributed by atoms with van der Waals surface area (Å²) in [6.07, 6.45) is 0.0409. The predicted molar refractivity (Wildman–Crippen MR) is 315 cm³/mol. The first-order chi connectivity index (χ1) is 39.0. The maximum absolute atomic E-state index is 14.5. The van der Waals surface area contributed by atoms with Crippen LogP contribution in [0.2, 0.25) is 0 Å². The van der Waals surface area contributed by atoms with Gasteiger partial charge in [0.1, 0.15) is 24.7 Å². The van der Waals surface area contributed by atoms with Gasteiger partial charge in [0, 0.05) is 60.7 Å². The lowest BCUT2D eigenvalue weighted by atomic mass is 9.89. The van der Waals surface area contributed by atoms with Crippen LogP contribution >= 0.6 is 0 Å². The molecule has 83 heavy (non-hydrogen) atoms. The van der Waals surface area contributed by atoms with Crippen LogP contribution in [-0.4, -0.2) is 203 Å². The molecule has 0 aliphatic carbocycles. The molecule has 1 aliphatic rings. The van der Waals surface area contributed by atoms with Gasteiger partial charge in [0.05, 0.1) is 62.0 Å². The lowest BCUT2D eigenvalue weighted by Crippen LogP contribution is -2.59. The minimum absolute atomic E-state index is 0.00416. The Kier molecular flexibility index (Phi) is 33.1. The van der Waals surface area contributed by atoms with Crippen molar-refractivity contribution in [1.82, 2.24) is 36.0 Å². The molecule has 474 valence electrons. The highest BCUT2D eigenvalue weighted by Crippen LogP contribution is 2.30. The van der Waals surface area contributed by atoms with E-state index in [9.17, 15) is 43.5 Å². The summed E-state index contributed by atoms with van der Waals surface area (Å²) in [5.41, 5.74) is 0.699. The van der Waals surface area contributed by atoms with Gasteiger partial charge in [-0.05, 0) is 81.9 Å². The largest absolute Gasteiger partial charge is 0.464 e. The number of hydrogen-bond donors (Lipinski definition) is 5. The molecular formula is C61H105N7O15. The fourth-order valence-corrected chi connectivity index (χ4v) is 10.7. The first kappa shape index (κ1) is 73.8. The van der Waals surface area contributed by atoms with Crippen LogP contribution in [-0.2, 0) is 73.2 Å². The summed E-state index contributed by atoms with van der Waals surface area (Å²) in [6, 6.07) is 4.97. The summed E-state index contributed by atoms with van der Waals surface area (Å²) < 4.78 is 33.7. The number of ether oxygens (including phenoxy) is 6. The first-order valence-electron chi connectivity index (χ1n) is 29.7. The van der Waals surface area contributed by atoms with Crippen molar-refractivity contribution in [2.24, 2.45) is 29.1 Å². The lowest BCUT2D eigenvalue weighted by molar-refractivity contribution is -0.198. The maximum Gasteiger partial charge on any atom is 0.328 e. The van der Waals surface area contributed by atoms with Crippen LogP contribution in [0, 0.1) is 29.1 Å². The molecule has 1 fully saturated rings. The Hall–Kier alpha value is -5.26. The Morgan fingerprint density at radius 1 is 0.795 bits per heavy atom. The Labute approximate surface area is 495 Å². The zero-order valence-corrected chi connectivity index (χ0v) is 53.1. The van der Waals surface area contributed by atoms with Gasteiger partial charge in [0.2, 0.25) is 35.4 Å². The Bertz CT molecular complexity index is 2150. The van der Waals surface area contributed by atoms with Gasteiger partial charge in [-0.25, -0.2) is 4.79 Å². The molecule has 3 unspecified atom stereocenters. The zero-order valence-electron chi connectivity index (χ0n) is 53.1. The molecule has 1 heterocycles. The molecule has 0 saturated carbocycles. The topological polar surface area (TPSA) is 270 Å². The van der Waals surface area contributed by atoms with Crippen molar-refractivity contribution in [3.8, 4) is 0 Å². The van der Waals surface area contributed by atoms with Crippen LogP contribution in [0.15, 0.2) is 30.3 Å². The summed E-state index contributed by atoms with van der Waals surface area (Å²) in [5.74, 6) is -4.48. The van der Waals surface area contributed by atoms with Crippen molar-refractivity contribution >= 4 is 47.4 Å². The van der Waals surface area contributed by atoms with Crippen molar-refractivity contribution in [2.75, 3.05) is 75.4 Å². The van der Waals surface area contributed by atoms with E-state index < -0.39 is 96.4 Å². The fraction of sp³-hybridized carbons (Fsp3) is 0.770. The Balaban J connectivity index is 2.05. The van der Waals surface area contributed by atoms with E-state index in [1.54, 1.807) is 23.8 Å². The summed E-state index contributed by atoms with van der Waals surface area (Å²) >= 11 is 0. The zero-order chi connectivity index (χ0) is 62.7. The summed E-state index contributed by atoms with van der Waals surface area (Å²) in [7, 11) is 9.81. The Morgan fingerprint density at radius 2 is 1.46 bits per heavy atom. The van der Waals surface area contributed by atoms with Crippen LogP contribution in [0.25, 0.3) is 0 Å². The van der Waals surface area contributed by atoms with Crippen LogP contribution in [0.3, 0.4) is 0 Å². The average molecular weight is 1180 g/mol. The van der Waals surface area contributed by atoms with Gasteiger partial charge in [-0.2, -0.15) is 0 Å². The second kappa shape index (κ2) is 37.2. The predicted octanol–water partition coefficient (Wildman–Crippen LogP) is 4.42. The number of carbonyl (C=O) groups excluding carboxylic acids is 8. The molecule has 5 N–H and O–H groups in total. The van der Waals surface area contributed by atoms with Gasteiger partial charge in [0.15, 0.2) is 6.29 Å². The van der Waals surface area contributed by atoms with Gasteiger partial charge < -0.3 is 64.6 Å². The minimum Gasteiger partial charge on any atom is -0.464 e. The van der Waals surface area contributed by atoms with Crippen LogP contribution in [0.1, 0.15) is 140 Å². The number of rotatable bonds is 38. The van der Waals surface area contributed by atoms with E-state index in [1.807, 2.05) is 112 Å². The van der Waals surface area contributed by atoms with Crippen molar-refractivity contribution in [1.29, 1.82) is 0 Å². The van der Waals surface area contributed by atoms with Crippen molar-refractivity contribution in [2.45, 2.75) is 201 Å². The minimum atomic E-state index is -1.00. The lowest BCUT2D eigenvalue weighted by Gasteiger charge is -2.41. The summed E-state index contributed by atoms with van der Waals surface area (Å²) in [4.78, 5) is 114. The molecule has 0 spiro atoms.